The van der Waals surface area contributed by atoms with Crippen LogP contribution in [0.4, 0.5) is 8.78 Å². The summed E-state index contributed by atoms with van der Waals surface area (Å²) in [4.78, 5) is 27.6. The lowest BCUT2D eigenvalue weighted by Crippen LogP contribution is -2.25. The zero-order chi connectivity index (χ0) is 12.3. The molecule has 0 amide bonds. The van der Waals surface area contributed by atoms with Gasteiger partial charge < -0.3 is 9.72 Å². The fourth-order valence-corrected chi connectivity index (χ4v) is 0.972. The van der Waals surface area contributed by atoms with Gasteiger partial charge in [-0.25, -0.2) is 9.78 Å². The van der Waals surface area contributed by atoms with E-state index in [0.717, 1.165) is 6.20 Å². The first-order valence-electron chi connectivity index (χ1n) is 4.51. The van der Waals surface area contributed by atoms with E-state index in [1.807, 2.05) is 4.98 Å². The van der Waals surface area contributed by atoms with E-state index in [9.17, 15) is 18.4 Å². The van der Waals surface area contributed by atoms with Gasteiger partial charge in [-0.3, -0.25) is 4.79 Å². The van der Waals surface area contributed by atoms with Crippen LogP contribution in [-0.2, 0) is 10.7 Å². The van der Waals surface area contributed by atoms with Gasteiger partial charge in [0.2, 0.25) is 0 Å². The fraction of sp³-hybridized carbons (Fsp3) is 0.444. The largest absolute Gasteiger partial charge is 0.462 e. The first kappa shape index (κ1) is 12.3. The molecule has 7 heteroatoms. The van der Waals surface area contributed by atoms with E-state index in [0.29, 0.717) is 6.92 Å². The summed E-state index contributed by atoms with van der Waals surface area (Å²) in [5, 5.41) is 0. The molecule has 0 saturated heterocycles. The van der Waals surface area contributed by atoms with Crippen molar-refractivity contribution < 1.29 is 19.7 Å². The van der Waals surface area contributed by atoms with Gasteiger partial charge in [0, 0.05) is 14.5 Å². The molecule has 0 unspecified atom stereocenters. The van der Waals surface area contributed by atoms with Crippen LogP contribution in [0.1, 0.15) is 31.5 Å². The molecule has 1 N–H and O–H groups in total. The number of alkyl halides is 2. The Labute approximate surface area is 90.9 Å². The molecule has 1 heterocycles. The molecule has 0 saturated carbocycles. The fourth-order valence-electron chi connectivity index (χ4n) is 0.972. The molecule has 0 aliphatic heterocycles. The van der Waals surface area contributed by atoms with Gasteiger partial charge in [0.1, 0.15) is 5.56 Å². The molecule has 0 radical (unpaired) electrons. The molecule has 1 aromatic heterocycles. The Bertz CT molecular complexity index is 456. The van der Waals surface area contributed by atoms with Gasteiger partial charge in [-0.1, -0.05) is 0 Å². The molecule has 0 aliphatic carbocycles. The lowest BCUT2D eigenvalue weighted by atomic mass is 10.3. The first-order chi connectivity index (χ1) is 7.36. The van der Waals surface area contributed by atoms with Gasteiger partial charge in [-0.05, 0) is 6.92 Å². The number of hydrogen-bond donors (Lipinski definition) is 1. The zero-order valence-electron chi connectivity index (χ0n) is 8.71. The molecule has 1 rings (SSSR count). The van der Waals surface area contributed by atoms with Crippen LogP contribution in [0.25, 0.3) is 0 Å². The Morgan fingerprint density at radius 2 is 2.31 bits per heavy atom. The van der Waals surface area contributed by atoms with Gasteiger partial charge in [-0.2, -0.15) is 8.78 Å². The number of hydrogen-bond acceptors (Lipinski definition) is 4. The minimum Gasteiger partial charge on any atom is -0.462 e. The van der Waals surface area contributed by atoms with Crippen LogP contribution in [0.2, 0.25) is 0 Å². The maximum Gasteiger partial charge on any atom is 0.345 e. The predicted molar refractivity (Wildman–Crippen MR) is 52.5 cm³/mol. The number of aromatic nitrogens is 2. The Kier molecular flexibility index (Phi) is 3.36. The van der Waals surface area contributed by atoms with Gasteiger partial charge in [0.15, 0.2) is 5.82 Å². The third-order valence-corrected chi connectivity index (χ3v) is 1.71. The van der Waals surface area contributed by atoms with Crippen LogP contribution in [0, 0.1) is 0 Å². The summed E-state index contributed by atoms with van der Waals surface area (Å²) in [6, 6.07) is 0. The molecule has 5 nitrogen and oxygen atoms in total. The number of halogens is 2. The van der Waals surface area contributed by atoms with Crippen LogP contribution in [0.5, 0.6) is 0 Å². The van der Waals surface area contributed by atoms with Crippen molar-refractivity contribution in [3.8, 4) is 0 Å². The third kappa shape index (κ3) is 2.62. The topological polar surface area (TPSA) is 72.0 Å². The Balaban J connectivity index is 0.00000256. The number of H-pyrrole nitrogens is 1. The average molecular weight is 234 g/mol. The van der Waals surface area contributed by atoms with Crippen molar-refractivity contribution in [3.63, 3.8) is 0 Å². The summed E-state index contributed by atoms with van der Waals surface area (Å²) in [5.74, 6) is -4.93. The summed E-state index contributed by atoms with van der Waals surface area (Å²) in [7, 11) is 0. The number of nitrogens with one attached hydrogen (secondary N) is 1. The molecule has 0 bridgehead atoms. The normalized spacial score (nSPS) is 11.2. The maximum absolute atomic E-state index is 12.8. The van der Waals surface area contributed by atoms with Crippen molar-refractivity contribution in [1.29, 1.82) is 0 Å². The molecule has 0 fully saturated rings. The highest BCUT2D eigenvalue weighted by Crippen LogP contribution is 2.21. The molecule has 0 aliphatic rings. The summed E-state index contributed by atoms with van der Waals surface area (Å²) in [6.45, 7) is 2.24. The molecular weight excluding hydrogens is 222 g/mol. The van der Waals surface area contributed by atoms with Crippen molar-refractivity contribution in [2.75, 3.05) is 6.61 Å². The minimum absolute atomic E-state index is 0. The van der Waals surface area contributed by atoms with E-state index in [2.05, 4.69) is 9.72 Å². The van der Waals surface area contributed by atoms with Gasteiger partial charge in [-0.15, -0.1) is 0 Å². The summed E-state index contributed by atoms with van der Waals surface area (Å²) in [6.07, 6.45) is 0.781. The maximum atomic E-state index is 12.8. The average Bonchev–Trinajstić information content (AvgIpc) is 2.16. The highest BCUT2D eigenvalue weighted by atomic mass is 19.3. The van der Waals surface area contributed by atoms with Gasteiger partial charge in [0.25, 0.3) is 5.56 Å². The molecule has 16 heavy (non-hydrogen) atoms. The molecule has 0 spiro atoms. The van der Waals surface area contributed by atoms with Gasteiger partial charge in [0.05, 0.1) is 6.61 Å². The lowest BCUT2D eigenvalue weighted by Gasteiger charge is -2.08. The smallest absolute Gasteiger partial charge is 0.345 e. The number of rotatable bonds is 3. The van der Waals surface area contributed by atoms with E-state index in [1.165, 1.54) is 0 Å². The molecular formula is C9H12F2N2O3. The summed E-state index contributed by atoms with van der Waals surface area (Å²) < 4.78 is 30.1. The van der Waals surface area contributed by atoms with E-state index in [1.54, 1.807) is 6.92 Å². The first-order valence-corrected chi connectivity index (χ1v) is 4.51. The molecule has 0 aromatic carbocycles. The second-order valence-electron chi connectivity index (χ2n) is 3.08. The summed E-state index contributed by atoms with van der Waals surface area (Å²) >= 11 is 0. The van der Waals surface area contributed by atoms with Crippen LogP contribution in [0.15, 0.2) is 11.0 Å². The number of carbonyl (C=O) groups excluding carboxylic acids is 1. The SMILES string of the molecule is CCOC(=O)c1cnc(C(C)(F)F)[nH]c1=O.[HH]. The van der Waals surface area contributed by atoms with Crippen molar-refractivity contribution >= 4 is 5.97 Å². The minimum atomic E-state index is -3.26. The highest BCUT2D eigenvalue weighted by molar-refractivity contribution is 5.88. The second kappa shape index (κ2) is 4.38. The van der Waals surface area contributed by atoms with Crippen molar-refractivity contribution in [2.45, 2.75) is 19.8 Å². The van der Waals surface area contributed by atoms with Crippen LogP contribution in [-0.4, -0.2) is 22.5 Å². The number of ether oxygens (including phenoxy) is 1. The Morgan fingerprint density at radius 1 is 1.69 bits per heavy atom. The third-order valence-electron chi connectivity index (χ3n) is 1.71. The number of carbonyl (C=O) groups is 1. The lowest BCUT2D eigenvalue weighted by molar-refractivity contribution is 0.00718. The number of aromatic amines is 1. The zero-order valence-corrected chi connectivity index (χ0v) is 8.71. The van der Waals surface area contributed by atoms with Gasteiger partial charge >= 0.3 is 11.9 Å². The van der Waals surface area contributed by atoms with Crippen LogP contribution in [0.3, 0.4) is 0 Å². The van der Waals surface area contributed by atoms with E-state index in [4.69, 9.17) is 0 Å². The van der Waals surface area contributed by atoms with E-state index >= 15 is 0 Å². The van der Waals surface area contributed by atoms with Crippen molar-refractivity contribution in [2.24, 2.45) is 0 Å². The number of esters is 1. The quantitative estimate of drug-likeness (QED) is 0.800. The van der Waals surface area contributed by atoms with Crippen molar-refractivity contribution in [1.82, 2.24) is 9.97 Å². The van der Waals surface area contributed by atoms with Crippen LogP contribution >= 0.6 is 0 Å². The monoisotopic (exact) mass is 234 g/mol. The van der Waals surface area contributed by atoms with Crippen molar-refractivity contribution in [3.05, 3.63) is 27.9 Å². The molecule has 90 valence electrons. The van der Waals surface area contributed by atoms with Crippen LogP contribution < -0.4 is 5.56 Å². The predicted octanol–water partition coefficient (Wildman–Crippen LogP) is 1.30. The summed E-state index contributed by atoms with van der Waals surface area (Å²) in [5.41, 5.74) is -1.33. The Morgan fingerprint density at radius 3 is 2.75 bits per heavy atom. The Hall–Kier alpha value is -1.79. The second-order valence-corrected chi connectivity index (χ2v) is 3.08. The van der Waals surface area contributed by atoms with E-state index in [-0.39, 0.29) is 8.03 Å². The highest BCUT2D eigenvalue weighted by Gasteiger charge is 2.28. The number of nitrogens with zero attached hydrogens (tertiary/aromatic N) is 1. The molecule has 1 aromatic rings. The standard InChI is InChI=1S/C9H10F2N2O3.H2/c1-3-16-7(15)5-4-12-8(9(2,10)11)13-6(5)14;/h4H,3H2,1-2H3,(H,12,13,14);1H. The van der Waals surface area contributed by atoms with E-state index < -0.39 is 28.8 Å². The molecule has 0 atom stereocenters.